The van der Waals surface area contributed by atoms with E-state index in [4.69, 9.17) is 0 Å². The van der Waals surface area contributed by atoms with Gasteiger partial charge in [0.1, 0.15) is 10.6 Å². The van der Waals surface area contributed by atoms with Gasteiger partial charge in [0, 0.05) is 46.0 Å². The summed E-state index contributed by atoms with van der Waals surface area (Å²) in [5, 5.41) is 2.89. The van der Waals surface area contributed by atoms with E-state index in [1.54, 1.807) is 11.6 Å². The Morgan fingerprint density at radius 1 is 1.14 bits per heavy atom. The number of carbonyl (C=O) groups is 1. The Hall–Kier alpha value is -2.16. The highest BCUT2D eigenvalue weighted by Crippen LogP contribution is 2.22. The molecule has 0 radical (unpaired) electrons. The predicted molar refractivity (Wildman–Crippen MR) is 113 cm³/mol. The molecular formula is C21H30N4O3S. The molecule has 1 fully saturated rings. The van der Waals surface area contributed by atoms with Crippen molar-refractivity contribution < 1.29 is 13.2 Å². The minimum atomic E-state index is -3.54. The lowest BCUT2D eigenvalue weighted by Gasteiger charge is -2.25. The molecule has 1 amide bonds. The molecule has 1 aliphatic rings. The van der Waals surface area contributed by atoms with Crippen molar-refractivity contribution >= 4 is 15.9 Å². The van der Waals surface area contributed by atoms with E-state index in [1.807, 2.05) is 25.2 Å². The van der Waals surface area contributed by atoms with Gasteiger partial charge in [0.15, 0.2) is 0 Å². The number of nitrogens with zero attached hydrogens (tertiary/aromatic N) is 3. The summed E-state index contributed by atoms with van der Waals surface area (Å²) in [5.74, 6) is -0.263. The topological polar surface area (TPSA) is 74.7 Å². The highest BCUT2D eigenvalue weighted by molar-refractivity contribution is 7.89. The average molecular weight is 419 g/mol. The van der Waals surface area contributed by atoms with Crippen molar-refractivity contribution in [2.75, 3.05) is 33.2 Å². The van der Waals surface area contributed by atoms with Crippen molar-refractivity contribution in [1.29, 1.82) is 0 Å². The zero-order valence-electron chi connectivity index (χ0n) is 17.2. The van der Waals surface area contributed by atoms with Crippen LogP contribution in [0.3, 0.4) is 0 Å². The molecule has 7 nitrogen and oxygen atoms in total. The summed E-state index contributed by atoms with van der Waals surface area (Å²) in [5.41, 5.74) is 1.57. The molecule has 0 bridgehead atoms. The number of carbonyl (C=O) groups excluding carboxylic acids is 1. The number of likely N-dealkylation sites (N-methyl/N-ethyl adjacent to an activating group) is 1. The van der Waals surface area contributed by atoms with E-state index in [9.17, 15) is 13.2 Å². The van der Waals surface area contributed by atoms with Crippen LogP contribution in [0.4, 0.5) is 0 Å². The summed E-state index contributed by atoms with van der Waals surface area (Å²) < 4.78 is 28.8. The third kappa shape index (κ3) is 5.46. The third-order valence-corrected chi connectivity index (χ3v) is 7.10. The first-order valence-electron chi connectivity index (χ1n) is 10.0. The van der Waals surface area contributed by atoms with Crippen LogP contribution in [0.5, 0.6) is 0 Å². The lowest BCUT2D eigenvalue weighted by Crippen LogP contribution is -2.35. The minimum Gasteiger partial charge on any atom is -0.349 e. The van der Waals surface area contributed by atoms with Gasteiger partial charge in [-0.3, -0.25) is 4.79 Å². The Labute approximate surface area is 173 Å². The fraction of sp³-hybridized carbons (Fsp3) is 0.476. The van der Waals surface area contributed by atoms with E-state index in [0.29, 0.717) is 31.9 Å². The molecule has 0 spiro atoms. The molecule has 0 saturated carbocycles. The van der Waals surface area contributed by atoms with Crippen LogP contribution >= 0.6 is 0 Å². The molecule has 3 rings (SSSR count). The predicted octanol–water partition coefficient (Wildman–Crippen LogP) is 2.06. The van der Waals surface area contributed by atoms with Gasteiger partial charge in [-0.1, -0.05) is 36.8 Å². The number of amides is 1. The molecular weight excluding hydrogens is 388 g/mol. The molecule has 1 aliphatic heterocycles. The largest absolute Gasteiger partial charge is 0.349 e. The minimum absolute atomic E-state index is 0.188. The molecule has 0 aliphatic carbocycles. The Kier molecular flexibility index (Phi) is 7.10. The number of aromatic nitrogens is 1. The zero-order chi connectivity index (χ0) is 20.9. The molecule has 1 saturated heterocycles. The SMILES string of the molecule is CN(CCNC(=O)c1cc(S(=O)(=O)N2CCCCC2)cn1C)Cc1ccccc1. The first-order valence-corrected chi connectivity index (χ1v) is 11.5. The van der Waals surface area contributed by atoms with Gasteiger partial charge in [0.2, 0.25) is 10.0 Å². The first kappa shape index (κ1) is 21.5. The van der Waals surface area contributed by atoms with Crippen molar-refractivity contribution in [2.45, 2.75) is 30.7 Å². The maximum atomic E-state index is 12.8. The van der Waals surface area contributed by atoms with Crippen LogP contribution in [-0.4, -0.2) is 61.3 Å². The quantitative estimate of drug-likeness (QED) is 0.712. The highest BCUT2D eigenvalue weighted by Gasteiger charge is 2.28. The van der Waals surface area contributed by atoms with Crippen LogP contribution in [0.2, 0.25) is 0 Å². The monoisotopic (exact) mass is 418 g/mol. The highest BCUT2D eigenvalue weighted by atomic mass is 32.2. The van der Waals surface area contributed by atoms with E-state index >= 15 is 0 Å². The number of sulfonamides is 1. The number of nitrogens with one attached hydrogen (secondary N) is 1. The Morgan fingerprint density at radius 2 is 1.83 bits per heavy atom. The second kappa shape index (κ2) is 9.56. The standard InChI is InChI=1S/C21H30N4O3S/c1-23(16-18-9-5-3-6-10-18)14-11-22-21(26)20-15-19(17-24(20)2)29(27,28)25-12-7-4-8-13-25/h3,5-6,9-10,15,17H,4,7-8,11-14,16H2,1-2H3,(H,22,26). The van der Waals surface area contributed by atoms with Crippen LogP contribution < -0.4 is 5.32 Å². The summed E-state index contributed by atoms with van der Waals surface area (Å²) in [6.45, 7) is 3.09. The van der Waals surface area contributed by atoms with E-state index < -0.39 is 10.0 Å². The van der Waals surface area contributed by atoms with Gasteiger partial charge in [0.25, 0.3) is 5.91 Å². The van der Waals surface area contributed by atoms with Crippen molar-refractivity contribution in [2.24, 2.45) is 7.05 Å². The molecule has 0 unspecified atom stereocenters. The molecule has 0 atom stereocenters. The van der Waals surface area contributed by atoms with Crippen LogP contribution in [0.15, 0.2) is 47.5 Å². The van der Waals surface area contributed by atoms with Gasteiger partial charge in [-0.15, -0.1) is 0 Å². The number of hydrogen-bond donors (Lipinski definition) is 1. The van der Waals surface area contributed by atoms with Crippen molar-refractivity contribution in [1.82, 2.24) is 19.1 Å². The zero-order valence-corrected chi connectivity index (χ0v) is 18.0. The average Bonchev–Trinajstić information content (AvgIpc) is 3.12. The molecule has 29 heavy (non-hydrogen) atoms. The molecule has 1 N–H and O–H groups in total. The fourth-order valence-corrected chi connectivity index (χ4v) is 5.17. The molecule has 2 aromatic rings. The number of hydrogen-bond acceptors (Lipinski definition) is 4. The van der Waals surface area contributed by atoms with Gasteiger partial charge in [0.05, 0.1) is 0 Å². The Morgan fingerprint density at radius 3 is 2.52 bits per heavy atom. The summed E-state index contributed by atoms with van der Waals surface area (Å²) >= 11 is 0. The summed E-state index contributed by atoms with van der Waals surface area (Å²) in [7, 11) is 0.164. The van der Waals surface area contributed by atoms with E-state index in [1.165, 1.54) is 22.1 Å². The maximum absolute atomic E-state index is 12.8. The van der Waals surface area contributed by atoms with Crippen molar-refractivity contribution in [3.63, 3.8) is 0 Å². The lowest BCUT2D eigenvalue weighted by molar-refractivity contribution is 0.0941. The van der Waals surface area contributed by atoms with Crippen LogP contribution in [-0.2, 0) is 23.6 Å². The molecule has 1 aromatic heterocycles. The fourth-order valence-electron chi connectivity index (χ4n) is 3.58. The van der Waals surface area contributed by atoms with Gasteiger partial charge in [-0.2, -0.15) is 4.31 Å². The van der Waals surface area contributed by atoms with Crippen LogP contribution in [0, 0.1) is 0 Å². The number of aryl methyl sites for hydroxylation is 1. The second-order valence-corrected chi connectivity index (χ2v) is 9.55. The Balaban J connectivity index is 1.56. The lowest BCUT2D eigenvalue weighted by atomic mass is 10.2. The normalized spacial score (nSPS) is 15.6. The van der Waals surface area contributed by atoms with Crippen molar-refractivity contribution in [3.05, 3.63) is 53.9 Å². The van der Waals surface area contributed by atoms with Gasteiger partial charge in [-0.05, 0) is 31.5 Å². The van der Waals surface area contributed by atoms with Gasteiger partial charge < -0.3 is 14.8 Å². The molecule has 8 heteroatoms. The number of rotatable bonds is 8. The molecule has 158 valence electrons. The summed E-state index contributed by atoms with van der Waals surface area (Å²) in [4.78, 5) is 14.9. The first-order chi connectivity index (χ1) is 13.9. The number of piperidine rings is 1. The van der Waals surface area contributed by atoms with Crippen LogP contribution in [0.1, 0.15) is 35.3 Å². The Bertz CT molecular complexity index is 919. The third-order valence-electron chi connectivity index (χ3n) is 5.24. The maximum Gasteiger partial charge on any atom is 0.267 e. The summed E-state index contributed by atoms with van der Waals surface area (Å²) in [6.07, 6.45) is 4.36. The smallest absolute Gasteiger partial charge is 0.267 e. The van der Waals surface area contributed by atoms with E-state index in [-0.39, 0.29) is 10.8 Å². The van der Waals surface area contributed by atoms with Crippen LogP contribution in [0.25, 0.3) is 0 Å². The summed E-state index contributed by atoms with van der Waals surface area (Å²) in [6, 6.07) is 11.6. The molecule has 2 heterocycles. The second-order valence-electron chi connectivity index (χ2n) is 7.62. The van der Waals surface area contributed by atoms with Gasteiger partial charge in [-0.25, -0.2) is 8.42 Å². The van der Waals surface area contributed by atoms with Gasteiger partial charge >= 0.3 is 0 Å². The van der Waals surface area contributed by atoms with Crippen molar-refractivity contribution in [3.8, 4) is 0 Å². The van der Waals surface area contributed by atoms with E-state index in [2.05, 4.69) is 22.3 Å². The van der Waals surface area contributed by atoms with E-state index in [0.717, 1.165) is 25.8 Å². The molecule has 1 aromatic carbocycles. The number of benzene rings is 1.